The molecule has 30 heavy (non-hydrogen) atoms. The van der Waals surface area contributed by atoms with E-state index in [1.165, 1.54) is 0 Å². The Morgan fingerprint density at radius 2 is 1.87 bits per heavy atom. The van der Waals surface area contributed by atoms with E-state index in [9.17, 15) is 4.79 Å². The number of rotatable bonds is 3. The van der Waals surface area contributed by atoms with E-state index in [0.717, 1.165) is 43.0 Å². The highest BCUT2D eigenvalue weighted by atomic mass is 16.4. The first-order valence-electron chi connectivity index (χ1n) is 10.2. The highest BCUT2D eigenvalue weighted by Gasteiger charge is 2.25. The minimum atomic E-state index is 0.0165. The van der Waals surface area contributed by atoms with Crippen LogP contribution in [0.4, 0.5) is 6.01 Å². The molecule has 1 saturated heterocycles. The molecule has 154 valence electrons. The summed E-state index contributed by atoms with van der Waals surface area (Å²) in [6, 6.07) is 10.3. The fraction of sp³-hybridized carbons (Fsp3) is 0.318. The number of carbonyl (C=O) groups is 1. The van der Waals surface area contributed by atoms with Crippen LogP contribution in [0.2, 0.25) is 0 Å². The summed E-state index contributed by atoms with van der Waals surface area (Å²) in [5.41, 5.74) is 10.3. The van der Waals surface area contributed by atoms with E-state index >= 15 is 0 Å². The van der Waals surface area contributed by atoms with E-state index < -0.39 is 0 Å². The summed E-state index contributed by atoms with van der Waals surface area (Å²) in [4.78, 5) is 26.1. The number of nitrogens with zero attached hydrogens (tertiary/aromatic N) is 5. The number of benzene rings is 1. The van der Waals surface area contributed by atoms with Gasteiger partial charge in [0.1, 0.15) is 16.9 Å². The number of imidazole rings is 1. The number of amides is 1. The third-order valence-corrected chi connectivity index (χ3v) is 5.79. The SMILES string of the molecule is CC(C)N1CCN(C(=O)c2cnc3ccc(-c4ccc5oc(N)nc5c4)cn23)CC1. The van der Waals surface area contributed by atoms with Crippen molar-refractivity contribution in [1.29, 1.82) is 0 Å². The van der Waals surface area contributed by atoms with Gasteiger partial charge in [0.25, 0.3) is 11.9 Å². The van der Waals surface area contributed by atoms with Gasteiger partial charge in [-0.1, -0.05) is 6.07 Å². The zero-order valence-corrected chi connectivity index (χ0v) is 17.1. The van der Waals surface area contributed by atoms with Crippen LogP contribution >= 0.6 is 0 Å². The van der Waals surface area contributed by atoms with E-state index in [1.807, 2.05) is 45.8 Å². The molecule has 0 bridgehead atoms. The largest absolute Gasteiger partial charge is 0.424 e. The topological polar surface area (TPSA) is 92.9 Å². The van der Waals surface area contributed by atoms with Crippen molar-refractivity contribution < 1.29 is 9.21 Å². The Kier molecular flexibility index (Phi) is 4.43. The van der Waals surface area contributed by atoms with E-state index in [0.29, 0.717) is 22.8 Å². The summed E-state index contributed by atoms with van der Waals surface area (Å²) in [6.07, 6.45) is 3.61. The predicted molar refractivity (Wildman–Crippen MR) is 115 cm³/mol. The molecule has 0 atom stereocenters. The van der Waals surface area contributed by atoms with Crippen molar-refractivity contribution in [2.75, 3.05) is 31.9 Å². The van der Waals surface area contributed by atoms with Crippen molar-refractivity contribution >= 4 is 28.7 Å². The maximum absolute atomic E-state index is 13.2. The maximum atomic E-state index is 13.2. The zero-order valence-electron chi connectivity index (χ0n) is 17.1. The second kappa shape index (κ2) is 7.14. The Balaban J connectivity index is 1.46. The van der Waals surface area contributed by atoms with E-state index in [2.05, 4.69) is 28.7 Å². The molecular weight excluding hydrogens is 380 g/mol. The number of aromatic nitrogens is 3. The van der Waals surface area contributed by atoms with Gasteiger partial charge in [0.15, 0.2) is 5.58 Å². The molecule has 2 N–H and O–H groups in total. The molecule has 4 heterocycles. The van der Waals surface area contributed by atoms with Crippen molar-refractivity contribution in [3.05, 3.63) is 48.4 Å². The molecule has 8 nitrogen and oxygen atoms in total. The van der Waals surface area contributed by atoms with Crippen molar-refractivity contribution in [3.8, 4) is 11.1 Å². The summed E-state index contributed by atoms with van der Waals surface area (Å²) >= 11 is 0. The Labute approximate surface area is 173 Å². The Hall–Kier alpha value is -3.39. The van der Waals surface area contributed by atoms with Gasteiger partial charge in [0, 0.05) is 38.4 Å². The number of hydrogen-bond donors (Lipinski definition) is 1. The first-order valence-corrected chi connectivity index (χ1v) is 10.2. The van der Waals surface area contributed by atoms with Gasteiger partial charge in [0.05, 0.1) is 6.20 Å². The van der Waals surface area contributed by atoms with Crippen molar-refractivity contribution in [2.24, 2.45) is 0 Å². The molecule has 4 aromatic rings. The molecule has 0 saturated carbocycles. The molecule has 1 amide bonds. The molecule has 1 aromatic carbocycles. The van der Waals surface area contributed by atoms with Crippen molar-refractivity contribution in [3.63, 3.8) is 0 Å². The van der Waals surface area contributed by atoms with Crippen LogP contribution in [0.1, 0.15) is 24.3 Å². The standard InChI is InChI=1S/C22H24N6O2/c1-14(2)26-7-9-27(10-8-26)21(29)18-12-24-20-6-4-16(13-28(18)20)15-3-5-19-17(11-15)25-22(23)30-19/h3-6,11-14H,7-10H2,1-2H3,(H2,23,25). The third-order valence-electron chi connectivity index (χ3n) is 5.79. The second-order valence-corrected chi connectivity index (χ2v) is 7.95. The minimum absolute atomic E-state index is 0.0165. The highest BCUT2D eigenvalue weighted by molar-refractivity contribution is 5.93. The van der Waals surface area contributed by atoms with Crippen LogP contribution in [0.5, 0.6) is 0 Å². The van der Waals surface area contributed by atoms with Gasteiger partial charge >= 0.3 is 0 Å². The number of piperazine rings is 1. The van der Waals surface area contributed by atoms with Crippen LogP contribution < -0.4 is 5.73 Å². The van der Waals surface area contributed by atoms with Gasteiger partial charge < -0.3 is 15.1 Å². The molecule has 0 spiro atoms. The normalized spacial score (nSPS) is 15.5. The van der Waals surface area contributed by atoms with E-state index in [1.54, 1.807) is 6.20 Å². The lowest BCUT2D eigenvalue weighted by Gasteiger charge is -2.36. The van der Waals surface area contributed by atoms with Crippen molar-refractivity contribution in [1.82, 2.24) is 24.2 Å². The average molecular weight is 404 g/mol. The zero-order chi connectivity index (χ0) is 20.8. The van der Waals surface area contributed by atoms with Gasteiger partial charge in [0.2, 0.25) is 0 Å². The summed E-state index contributed by atoms with van der Waals surface area (Å²) in [5, 5.41) is 0. The maximum Gasteiger partial charge on any atom is 0.292 e. The molecular formula is C22H24N6O2. The highest BCUT2D eigenvalue weighted by Crippen LogP contribution is 2.26. The Morgan fingerprint density at radius 1 is 1.10 bits per heavy atom. The lowest BCUT2D eigenvalue weighted by atomic mass is 10.1. The first-order chi connectivity index (χ1) is 14.5. The van der Waals surface area contributed by atoms with Gasteiger partial charge in [-0.3, -0.25) is 14.1 Å². The lowest BCUT2D eigenvalue weighted by Crippen LogP contribution is -2.50. The van der Waals surface area contributed by atoms with Gasteiger partial charge in [-0.15, -0.1) is 0 Å². The van der Waals surface area contributed by atoms with Crippen LogP contribution in [0, 0.1) is 0 Å². The van der Waals surface area contributed by atoms with Gasteiger partial charge in [-0.2, -0.15) is 4.98 Å². The van der Waals surface area contributed by atoms with Crippen LogP contribution in [0.3, 0.4) is 0 Å². The van der Waals surface area contributed by atoms with E-state index in [-0.39, 0.29) is 11.9 Å². The number of oxazole rings is 1. The molecule has 0 radical (unpaired) electrons. The summed E-state index contributed by atoms with van der Waals surface area (Å²) < 4.78 is 7.22. The molecule has 8 heteroatoms. The van der Waals surface area contributed by atoms with Gasteiger partial charge in [-0.25, -0.2) is 4.98 Å². The second-order valence-electron chi connectivity index (χ2n) is 7.95. The first kappa shape index (κ1) is 18.6. The fourth-order valence-electron chi connectivity index (χ4n) is 4.04. The number of carbonyl (C=O) groups excluding carboxylic acids is 1. The third kappa shape index (κ3) is 3.19. The minimum Gasteiger partial charge on any atom is -0.424 e. The summed E-state index contributed by atoms with van der Waals surface area (Å²) in [5.74, 6) is 0.0165. The van der Waals surface area contributed by atoms with Crippen LogP contribution in [-0.4, -0.2) is 62.3 Å². The van der Waals surface area contributed by atoms with Crippen LogP contribution in [0.25, 0.3) is 27.9 Å². The molecule has 1 aliphatic rings. The lowest BCUT2D eigenvalue weighted by molar-refractivity contribution is 0.0589. The summed E-state index contributed by atoms with van der Waals surface area (Å²) in [6.45, 7) is 7.63. The van der Waals surface area contributed by atoms with Crippen LogP contribution in [0.15, 0.2) is 47.1 Å². The van der Waals surface area contributed by atoms with Crippen molar-refractivity contribution in [2.45, 2.75) is 19.9 Å². The quantitative estimate of drug-likeness (QED) is 0.564. The Bertz CT molecular complexity index is 1230. The fourth-order valence-corrected chi connectivity index (χ4v) is 4.04. The summed E-state index contributed by atoms with van der Waals surface area (Å²) in [7, 11) is 0. The Morgan fingerprint density at radius 3 is 2.63 bits per heavy atom. The number of fused-ring (bicyclic) bond motifs is 2. The number of hydrogen-bond acceptors (Lipinski definition) is 6. The van der Waals surface area contributed by atoms with Crippen LogP contribution in [-0.2, 0) is 0 Å². The predicted octanol–water partition coefficient (Wildman–Crippen LogP) is 2.89. The molecule has 1 aliphatic heterocycles. The molecule has 3 aromatic heterocycles. The van der Waals surface area contributed by atoms with E-state index in [4.69, 9.17) is 10.2 Å². The molecule has 5 rings (SSSR count). The van der Waals surface area contributed by atoms with Gasteiger partial charge in [-0.05, 0) is 49.2 Å². The smallest absolute Gasteiger partial charge is 0.292 e. The molecule has 0 aliphatic carbocycles. The average Bonchev–Trinajstić information content (AvgIpc) is 3.34. The number of pyridine rings is 1. The number of nitrogens with two attached hydrogens (primary N) is 1. The monoisotopic (exact) mass is 404 g/mol. The molecule has 1 fully saturated rings. The number of anilines is 1. The molecule has 0 unspecified atom stereocenters. The number of nitrogen functional groups attached to an aromatic ring is 1.